The van der Waals surface area contributed by atoms with Crippen LogP contribution < -0.4 is 0 Å². The van der Waals surface area contributed by atoms with Gasteiger partial charge in [0.25, 0.3) is 0 Å². The highest BCUT2D eigenvalue weighted by Gasteiger charge is 2.68. The molecule has 2 bridgehead atoms. The molecule has 2 saturated carbocycles. The lowest BCUT2D eigenvalue weighted by Gasteiger charge is -2.46. The Morgan fingerprint density at radius 2 is 1.29 bits per heavy atom. The summed E-state index contributed by atoms with van der Waals surface area (Å²) in [5, 5.41) is 0. The van der Waals surface area contributed by atoms with E-state index in [2.05, 4.69) is 58.9 Å². The van der Waals surface area contributed by atoms with Crippen LogP contribution in [0.2, 0.25) is 64.5 Å². The maximum Gasteiger partial charge on any atom is 0.319 e. The van der Waals surface area contributed by atoms with Gasteiger partial charge in [-0.1, -0.05) is 0 Å². The lowest BCUT2D eigenvalue weighted by Crippen LogP contribution is -2.60. The number of hydrogen-bond donors (Lipinski definition) is 0. The van der Waals surface area contributed by atoms with E-state index in [1.165, 1.54) is 0 Å². The summed E-state index contributed by atoms with van der Waals surface area (Å²) in [6.45, 7) is 19.6. The van der Waals surface area contributed by atoms with Crippen molar-refractivity contribution in [2.75, 3.05) is 0 Å². The lowest BCUT2D eigenvalue weighted by atomic mass is 9.81. The van der Waals surface area contributed by atoms with Crippen molar-refractivity contribution in [2.24, 2.45) is 23.7 Å². The number of fused-ring (bicyclic) bond motifs is 5. The van der Waals surface area contributed by atoms with Gasteiger partial charge >= 0.3 is 29.1 Å². The first kappa shape index (κ1) is 22.6. The zero-order valence-electron chi connectivity index (χ0n) is 18.8. The fraction of sp³-hybridized carbons (Fsp3) is 0.889. The van der Waals surface area contributed by atoms with Gasteiger partial charge in [-0.15, -0.1) is 0 Å². The third-order valence-corrected chi connectivity index (χ3v) is 20.0. The second-order valence-electron chi connectivity index (χ2n) is 11.2. The fourth-order valence-electron chi connectivity index (χ4n) is 5.89. The predicted octanol–water partition coefficient (Wildman–Crippen LogP) is 4.21. The van der Waals surface area contributed by atoms with Gasteiger partial charge in [0, 0.05) is 5.54 Å². The van der Waals surface area contributed by atoms with Gasteiger partial charge in [0.1, 0.15) is 0 Å². The highest BCUT2D eigenvalue weighted by molar-refractivity contribution is 6.90. The minimum absolute atomic E-state index is 0.138. The highest BCUT2D eigenvalue weighted by atomic mass is 28.5. The number of carbonyl (C=O) groups excluding carboxylic acids is 2. The molecule has 6 atom stereocenters. The molecule has 1 heterocycles. The van der Waals surface area contributed by atoms with Gasteiger partial charge in [-0.25, -0.2) is 0 Å². The van der Waals surface area contributed by atoms with Crippen LogP contribution in [0.5, 0.6) is 0 Å². The topological polar surface area (TPSA) is 71.1 Å². The van der Waals surface area contributed by atoms with Crippen LogP contribution >= 0.6 is 0 Å². The first-order valence-electron chi connectivity index (χ1n) is 10.4. The van der Waals surface area contributed by atoms with Crippen molar-refractivity contribution in [3.05, 3.63) is 0 Å². The van der Waals surface area contributed by atoms with Crippen LogP contribution in [0, 0.1) is 23.7 Å². The highest BCUT2D eigenvalue weighted by Crippen LogP contribution is 2.63. The molecule has 0 amide bonds. The lowest BCUT2D eigenvalue weighted by molar-refractivity contribution is -0.154. The third-order valence-electron chi connectivity index (χ3n) is 5.93. The molecule has 6 unspecified atom stereocenters. The molecule has 2 aliphatic carbocycles. The molecule has 0 radical (unpaired) electrons. The molecule has 0 N–H and O–H groups in total. The summed E-state index contributed by atoms with van der Waals surface area (Å²) in [4.78, 5) is 24.5. The van der Waals surface area contributed by atoms with E-state index >= 15 is 0 Å². The zero-order chi connectivity index (χ0) is 21.3. The number of ether oxygens (including phenoxy) is 1. The molecule has 1 aliphatic heterocycles. The van der Waals surface area contributed by atoms with Crippen LogP contribution in [0.25, 0.3) is 0 Å². The Hall–Kier alpha value is -0.112. The Morgan fingerprint density at radius 3 is 1.82 bits per heavy atom. The summed E-state index contributed by atoms with van der Waals surface area (Å²) in [5.41, 5.74) is 0.209. The van der Waals surface area contributed by atoms with Crippen LogP contribution in [-0.4, -0.2) is 45.7 Å². The van der Waals surface area contributed by atoms with Crippen molar-refractivity contribution < 1.29 is 26.7 Å². The van der Waals surface area contributed by atoms with Crippen molar-refractivity contribution in [1.29, 1.82) is 0 Å². The van der Waals surface area contributed by atoms with Gasteiger partial charge in [-0.05, 0) is 83.6 Å². The largest absolute Gasteiger partial charge is 0.437 e. The SMILES string of the molecule is C[Si](C)(C)O[Si](C)(C)O[Si](C)(O[Si](C)(C)C)C1CC2CC1C1C(=O)OC(=O)C21. The van der Waals surface area contributed by atoms with E-state index in [1.54, 1.807) is 0 Å². The van der Waals surface area contributed by atoms with Gasteiger partial charge in [-0.2, -0.15) is 0 Å². The van der Waals surface area contributed by atoms with Crippen molar-refractivity contribution in [3.63, 3.8) is 0 Å². The van der Waals surface area contributed by atoms with E-state index in [0.29, 0.717) is 0 Å². The molecule has 0 aromatic heterocycles. The Bertz CT molecular complexity index is 670. The molecular formula is C18H36O6Si4. The van der Waals surface area contributed by atoms with E-state index in [9.17, 15) is 9.59 Å². The monoisotopic (exact) mass is 460 g/mol. The normalized spacial score (nSPS) is 35.1. The van der Waals surface area contributed by atoms with E-state index in [0.717, 1.165) is 12.8 Å². The van der Waals surface area contributed by atoms with E-state index in [1.807, 2.05) is 0 Å². The van der Waals surface area contributed by atoms with Crippen LogP contribution in [0.15, 0.2) is 0 Å². The quantitative estimate of drug-likeness (QED) is 0.322. The van der Waals surface area contributed by atoms with Gasteiger partial charge in [0.15, 0.2) is 16.6 Å². The maximum atomic E-state index is 12.4. The Kier molecular flexibility index (Phi) is 5.61. The average molecular weight is 461 g/mol. The third kappa shape index (κ3) is 4.47. The van der Waals surface area contributed by atoms with Gasteiger partial charge in [0.2, 0.25) is 0 Å². The average Bonchev–Trinajstić information content (AvgIpc) is 3.05. The predicted molar refractivity (Wildman–Crippen MR) is 117 cm³/mol. The number of cyclic esters (lactones) is 2. The van der Waals surface area contributed by atoms with Crippen molar-refractivity contribution in [2.45, 2.75) is 77.3 Å². The number of esters is 2. The van der Waals surface area contributed by atoms with Gasteiger partial charge < -0.3 is 17.1 Å². The van der Waals surface area contributed by atoms with Crippen LogP contribution in [0.4, 0.5) is 0 Å². The molecular weight excluding hydrogens is 425 g/mol. The number of carbonyl (C=O) groups is 2. The Labute approximate surface area is 173 Å². The molecule has 3 aliphatic rings. The van der Waals surface area contributed by atoms with Crippen LogP contribution in [-0.2, 0) is 26.7 Å². The second kappa shape index (κ2) is 6.96. The minimum atomic E-state index is -2.65. The van der Waals surface area contributed by atoms with E-state index in [4.69, 9.17) is 17.1 Å². The zero-order valence-corrected chi connectivity index (χ0v) is 22.8. The molecule has 160 valence electrons. The van der Waals surface area contributed by atoms with Crippen molar-refractivity contribution >= 4 is 45.7 Å². The molecule has 28 heavy (non-hydrogen) atoms. The maximum absolute atomic E-state index is 12.4. The van der Waals surface area contributed by atoms with E-state index in [-0.39, 0.29) is 41.2 Å². The minimum Gasteiger partial charge on any atom is -0.437 e. The van der Waals surface area contributed by atoms with Crippen molar-refractivity contribution in [3.8, 4) is 0 Å². The summed E-state index contributed by atoms with van der Waals surface area (Å²) in [5.74, 6) is -0.803. The molecule has 6 nitrogen and oxygen atoms in total. The smallest absolute Gasteiger partial charge is 0.319 e. The first-order valence-corrected chi connectivity index (χ1v) is 22.4. The van der Waals surface area contributed by atoms with Crippen LogP contribution in [0.3, 0.4) is 0 Å². The fourth-order valence-corrected chi connectivity index (χ4v) is 24.7. The Balaban J connectivity index is 1.89. The molecule has 0 spiro atoms. The summed E-state index contributed by atoms with van der Waals surface area (Å²) in [6, 6.07) is 0. The van der Waals surface area contributed by atoms with Gasteiger partial charge in [0.05, 0.1) is 11.8 Å². The first-order chi connectivity index (χ1) is 12.5. The number of hydrogen-bond acceptors (Lipinski definition) is 6. The second-order valence-corrected chi connectivity index (χ2v) is 27.7. The van der Waals surface area contributed by atoms with E-state index < -0.39 is 33.8 Å². The summed E-state index contributed by atoms with van der Waals surface area (Å²) in [7, 11) is -8.68. The molecule has 3 rings (SSSR count). The van der Waals surface area contributed by atoms with Crippen LogP contribution in [0.1, 0.15) is 12.8 Å². The summed E-state index contributed by atoms with van der Waals surface area (Å²) in [6.07, 6.45) is 1.82. The molecule has 10 heteroatoms. The number of rotatable bonds is 7. The molecule has 0 aromatic rings. The standard InChI is InChI=1S/C18H36O6Si4/c1-25(2,3)22-27(7,8)24-28(9,23-26(4,5)6)14-11-12-10-13(14)16-15(12)17(19)21-18(16)20/h12-16H,10-11H2,1-9H3. The molecule has 1 saturated heterocycles. The summed E-state index contributed by atoms with van der Waals surface area (Å²) < 4.78 is 25.2. The summed E-state index contributed by atoms with van der Waals surface area (Å²) >= 11 is 0. The molecule has 0 aromatic carbocycles. The molecule has 3 fully saturated rings. The Morgan fingerprint density at radius 1 is 0.750 bits per heavy atom. The van der Waals surface area contributed by atoms with Crippen molar-refractivity contribution in [1.82, 2.24) is 0 Å². The van der Waals surface area contributed by atoms with Gasteiger partial charge in [-0.3, -0.25) is 9.59 Å².